The van der Waals surface area contributed by atoms with Crippen molar-refractivity contribution in [1.29, 1.82) is 0 Å². The van der Waals surface area contributed by atoms with E-state index >= 15 is 0 Å². The summed E-state index contributed by atoms with van der Waals surface area (Å²) in [4.78, 5) is 10.5. The minimum atomic E-state index is -0.667. The lowest BCUT2D eigenvalue weighted by atomic mass is 10.2. The third-order valence-electron chi connectivity index (χ3n) is 0.842. The summed E-state index contributed by atoms with van der Waals surface area (Å²) >= 11 is 0. The minimum Gasteiger partial charge on any atom is -0.468 e. The molecule has 2 N–H and O–H groups in total. The summed E-state index contributed by atoms with van der Waals surface area (Å²) in [5, 5.41) is 0. The van der Waals surface area contributed by atoms with Crippen LogP contribution in [0.5, 0.6) is 0 Å². The van der Waals surface area contributed by atoms with Crippen molar-refractivity contribution >= 4 is 18.4 Å². The average molecular weight is 164 g/mol. The number of carbonyl (C=O) groups excluding carboxylic acids is 1. The number of methoxy groups -OCH3 is 1. The van der Waals surface area contributed by atoms with Crippen LogP contribution >= 0.6 is 12.4 Å². The minimum absolute atomic E-state index is 0. The van der Waals surface area contributed by atoms with Gasteiger partial charge in [0.05, 0.1) is 7.11 Å². The molecule has 0 aliphatic rings. The molecule has 0 aromatic rings. The maximum Gasteiger partial charge on any atom is 0.323 e. The Hall–Kier alpha value is -0.720. The van der Waals surface area contributed by atoms with Crippen molar-refractivity contribution in [2.75, 3.05) is 7.11 Å². The molecule has 0 fully saturated rings. The first-order valence-electron chi connectivity index (χ1n) is 2.49. The first-order valence-corrected chi connectivity index (χ1v) is 2.49. The van der Waals surface area contributed by atoms with E-state index in [9.17, 15) is 4.79 Å². The Morgan fingerprint density at radius 2 is 2.40 bits per heavy atom. The van der Waals surface area contributed by atoms with Gasteiger partial charge in [0, 0.05) is 6.42 Å². The van der Waals surface area contributed by atoms with Crippen molar-refractivity contribution in [2.24, 2.45) is 5.73 Å². The fourth-order valence-corrected chi connectivity index (χ4v) is 0.362. The Bertz CT molecular complexity index is 141. The van der Waals surface area contributed by atoms with Gasteiger partial charge in [0.2, 0.25) is 0 Å². The molecule has 0 rings (SSSR count). The summed E-state index contributed by atoms with van der Waals surface area (Å²) in [5.41, 5.74) is 5.22. The van der Waals surface area contributed by atoms with Gasteiger partial charge in [0.25, 0.3) is 0 Å². The predicted octanol–water partition coefficient (Wildman–Crippen LogP) is -0.0682. The third kappa shape index (κ3) is 4.19. The molecule has 10 heavy (non-hydrogen) atoms. The van der Waals surface area contributed by atoms with E-state index in [1.165, 1.54) is 7.11 Å². The lowest BCUT2D eigenvalue weighted by molar-refractivity contribution is -0.142. The first-order chi connectivity index (χ1) is 4.22. The second-order valence-corrected chi connectivity index (χ2v) is 1.54. The number of halogens is 1. The number of nitrogens with two attached hydrogens (primary N) is 1. The number of carbonyl (C=O) groups is 1. The fraction of sp³-hybridized carbons (Fsp3) is 0.500. The number of rotatable bonds is 2. The van der Waals surface area contributed by atoms with E-state index in [0.717, 1.165) is 0 Å². The Kier molecular flexibility index (Phi) is 7.68. The van der Waals surface area contributed by atoms with Gasteiger partial charge in [-0.05, 0) is 0 Å². The molecule has 0 aliphatic heterocycles. The maximum absolute atomic E-state index is 10.5. The Balaban J connectivity index is 0. The monoisotopic (exact) mass is 163 g/mol. The molecular weight excluding hydrogens is 154 g/mol. The molecule has 0 aromatic heterocycles. The summed E-state index contributed by atoms with van der Waals surface area (Å²) in [6, 6.07) is -0.667. The second kappa shape index (κ2) is 6.40. The topological polar surface area (TPSA) is 52.3 Å². The maximum atomic E-state index is 10.5. The highest BCUT2D eigenvalue weighted by molar-refractivity contribution is 5.85. The largest absolute Gasteiger partial charge is 0.468 e. The number of hydrogen-bond donors (Lipinski definition) is 1. The summed E-state index contributed by atoms with van der Waals surface area (Å²) in [6.07, 6.45) is 5.11. The fourth-order valence-electron chi connectivity index (χ4n) is 0.362. The Morgan fingerprint density at radius 1 is 1.90 bits per heavy atom. The van der Waals surface area contributed by atoms with Gasteiger partial charge in [0.15, 0.2) is 0 Å². The highest BCUT2D eigenvalue weighted by Gasteiger charge is 2.10. The van der Waals surface area contributed by atoms with Gasteiger partial charge in [-0.3, -0.25) is 4.79 Å². The van der Waals surface area contributed by atoms with Crippen molar-refractivity contribution in [1.82, 2.24) is 0 Å². The van der Waals surface area contributed by atoms with Crippen molar-refractivity contribution in [2.45, 2.75) is 12.5 Å². The van der Waals surface area contributed by atoms with Gasteiger partial charge in [-0.25, -0.2) is 0 Å². The molecule has 3 nitrogen and oxygen atoms in total. The first kappa shape index (κ1) is 12.0. The number of hydrogen-bond acceptors (Lipinski definition) is 3. The lowest BCUT2D eigenvalue weighted by Gasteiger charge is -2.02. The van der Waals surface area contributed by atoms with Crippen molar-refractivity contribution in [3.8, 4) is 12.3 Å². The van der Waals surface area contributed by atoms with Crippen molar-refractivity contribution in [3.05, 3.63) is 0 Å². The second-order valence-electron chi connectivity index (χ2n) is 1.54. The number of ether oxygens (including phenoxy) is 1. The van der Waals surface area contributed by atoms with E-state index in [2.05, 4.69) is 10.7 Å². The van der Waals surface area contributed by atoms with Crippen LogP contribution in [0, 0.1) is 12.3 Å². The van der Waals surface area contributed by atoms with Crippen LogP contribution < -0.4 is 5.73 Å². The van der Waals surface area contributed by atoms with E-state index in [-0.39, 0.29) is 18.8 Å². The summed E-state index contributed by atoms with van der Waals surface area (Å²) in [7, 11) is 1.28. The zero-order chi connectivity index (χ0) is 7.28. The van der Waals surface area contributed by atoms with E-state index < -0.39 is 12.0 Å². The molecule has 1 atom stereocenters. The summed E-state index contributed by atoms with van der Waals surface area (Å²) in [5.74, 6) is 1.79. The number of terminal acetylenes is 1. The van der Waals surface area contributed by atoms with Gasteiger partial charge >= 0.3 is 5.97 Å². The van der Waals surface area contributed by atoms with E-state index in [0.29, 0.717) is 0 Å². The highest BCUT2D eigenvalue weighted by Crippen LogP contribution is 1.87. The molecule has 0 saturated heterocycles. The normalized spacial score (nSPS) is 10.5. The molecular formula is C6H10ClNO2. The van der Waals surface area contributed by atoms with Gasteiger partial charge < -0.3 is 10.5 Å². The molecule has 0 unspecified atom stereocenters. The van der Waals surface area contributed by atoms with E-state index in [1.807, 2.05) is 0 Å². The molecule has 0 radical (unpaired) electrons. The lowest BCUT2D eigenvalue weighted by Crippen LogP contribution is -2.30. The van der Waals surface area contributed by atoms with Crippen LogP contribution in [0.25, 0.3) is 0 Å². The predicted molar refractivity (Wildman–Crippen MR) is 40.7 cm³/mol. The van der Waals surface area contributed by atoms with Crippen LogP contribution in [-0.4, -0.2) is 19.1 Å². The molecule has 4 heteroatoms. The highest BCUT2D eigenvalue weighted by atomic mass is 35.5. The van der Waals surface area contributed by atoms with Crippen molar-refractivity contribution < 1.29 is 9.53 Å². The molecule has 0 heterocycles. The molecule has 0 spiro atoms. The molecule has 0 amide bonds. The van der Waals surface area contributed by atoms with E-state index in [1.54, 1.807) is 0 Å². The Labute approximate surface area is 66.3 Å². The summed E-state index contributed by atoms with van der Waals surface area (Å²) < 4.78 is 4.31. The quantitative estimate of drug-likeness (QED) is 0.458. The standard InChI is InChI=1S/C6H9NO2.ClH/c1-3-4-5(7)6(8)9-2;/h1,5H,4,7H2,2H3;1H/t5-;/m0./s1. The van der Waals surface area contributed by atoms with Gasteiger partial charge in [-0.2, -0.15) is 0 Å². The zero-order valence-corrected chi connectivity index (χ0v) is 6.48. The van der Waals surface area contributed by atoms with Crippen LogP contribution in [0.4, 0.5) is 0 Å². The van der Waals surface area contributed by atoms with Gasteiger partial charge in [0.1, 0.15) is 6.04 Å². The van der Waals surface area contributed by atoms with E-state index in [4.69, 9.17) is 12.2 Å². The van der Waals surface area contributed by atoms with Crippen molar-refractivity contribution in [3.63, 3.8) is 0 Å². The molecule has 0 aromatic carbocycles. The van der Waals surface area contributed by atoms with Crippen LogP contribution in [0.15, 0.2) is 0 Å². The molecule has 0 bridgehead atoms. The molecule has 58 valence electrons. The summed E-state index contributed by atoms with van der Waals surface area (Å²) in [6.45, 7) is 0. The third-order valence-corrected chi connectivity index (χ3v) is 0.842. The molecule has 0 saturated carbocycles. The van der Waals surface area contributed by atoms with Crippen LogP contribution in [0.3, 0.4) is 0 Å². The van der Waals surface area contributed by atoms with Gasteiger partial charge in [-0.1, -0.05) is 0 Å². The Morgan fingerprint density at radius 3 is 2.70 bits per heavy atom. The SMILES string of the molecule is C#CC[C@H](N)C(=O)OC.Cl. The zero-order valence-electron chi connectivity index (χ0n) is 5.66. The van der Waals surface area contributed by atoms with Gasteiger partial charge in [-0.15, -0.1) is 24.8 Å². The van der Waals surface area contributed by atoms with Crippen LogP contribution in [-0.2, 0) is 9.53 Å². The number of esters is 1. The van der Waals surface area contributed by atoms with Crippen LogP contribution in [0.1, 0.15) is 6.42 Å². The van der Waals surface area contributed by atoms with Crippen LogP contribution in [0.2, 0.25) is 0 Å². The molecule has 0 aliphatic carbocycles. The smallest absolute Gasteiger partial charge is 0.323 e. The average Bonchev–Trinajstić information content (AvgIpc) is 1.87.